The fourth-order valence-electron chi connectivity index (χ4n) is 3.87. The third-order valence-corrected chi connectivity index (χ3v) is 7.33. The minimum atomic E-state index is -4.07. The summed E-state index contributed by atoms with van der Waals surface area (Å²) in [5.41, 5.74) is 3.40. The second-order valence-corrected chi connectivity index (χ2v) is 9.97. The molecule has 168 valence electrons. The number of phenolic OH excluding ortho intramolecular Hbond substituents is 2. The monoisotopic (exact) mass is 451 g/mol. The van der Waals surface area contributed by atoms with Crippen molar-refractivity contribution in [2.24, 2.45) is 0 Å². The Labute approximate surface area is 190 Å². The Morgan fingerprint density at radius 1 is 1.12 bits per heavy atom. The summed E-state index contributed by atoms with van der Waals surface area (Å²) in [5.74, 6) is -0.610. The van der Waals surface area contributed by atoms with Gasteiger partial charge in [-0.2, -0.15) is 0 Å². The molecule has 0 aliphatic heterocycles. The van der Waals surface area contributed by atoms with Crippen LogP contribution in [0.15, 0.2) is 65.2 Å². The normalized spacial score (nSPS) is 11.5. The molecule has 0 unspecified atom stereocenters. The van der Waals surface area contributed by atoms with Gasteiger partial charge in [0, 0.05) is 12.4 Å². The Hall–Kier alpha value is -3.12. The van der Waals surface area contributed by atoms with Crippen LogP contribution in [-0.2, 0) is 16.3 Å². The van der Waals surface area contributed by atoms with Crippen LogP contribution in [0.25, 0.3) is 16.7 Å². The van der Waals surface area contributed by atoms with Gasteiger partial charge in [-0.05, 0) is 61.6 Å². The molecular formula is C26H29NO4S. The predicted octanol–water partition coefficient (Wildman–Crippen LogP) is 6.07. The summed E-state index contributed by atoms with van der Waals surface area (Å²) in [4.78, 5) is 3.75. The number of nitrogens with zero attached hydrogens (tertiary/aromatic N) is 1. The van der Waals surface area contributed by atoms with E-state index in [1.165, 1.54) is 24.5 Å². The van der Waals surface area contributed by atoms with E-state index in [-0.39, 0.29) is 21.1 Å². The molecule has 3 rings (SSSR count). The number of allylic oxidation sites excluding steroid dienone is 1. The average molecular weight is 452 g/mol. The highest BCUT2D eigenvalue weighted by molar-refractivity contribution is 7.91. The van der Waals surface area contributed by atoms with Crippen LogP contribution in [0.1, 0.15) is 49.8 Å². The van der Waals surface area contributed by atoms with Crippen molar-refractivity contribution in [3.63, 3.8) is 0 Å². The number of sulfone groups is 1. The molecule has 6 heteroatoms. The fraction of sp³-hybridized carbons (Fsp3) is 0.269. The number of aryl methyl sites for hydroxylation is 2. The maximum absolute atomic E-state index is 13.6. The summed E-state index contributed by atoms with van der Waals surface area (Å²) in [6.45, 7) is 9.78. The Kier molecular flexibility index (Phi) is 7.04. The van der Waals surface area contributed by atoms with E-state index in [4.69, 9.17) is 0 Å². The van der Waals surface area contributed by atoms with Crippen molar-refractivity contribution >= 4 is 15.4 Å². The Morgan fingerprint density at radius 2 is 1.88 bits per heavy atom. The molecule has 1 heterocycles. The number of phenols is 2. The lowest BCUT2D eigenvalue weighted by molar-refractivity contribution is 0.440. The van der Waals surface area contributed by atoms with Gasteiger partial charge in [0.05, 0.1) is 10.5 Å². The summed E-state index contributed by atoms with van der Waals surface area (Å²) in [6.07, 6.45) is 5.80. The molecule has 0 bridgehead atoms. The summed E-state index contributed by atoms with van der Waals surface area (Å²) >= 11 is 0. The lowest BCUT2D eigenvalue weighted by Gasteiger charge is -2.19. The van der Waals surface area contributed by atoms with Crippen molar-refractivity contribution in [3.05, 3.63) is 72.1 Å². The smallest absolute Gasteiger partial charge is 0.212 e. The van der Waals surface area contributed by atoms with Crippen LogP contribution in [0.5, 0.6) is 11.5 Å². The molecule has 3 aromatic rings. The van der Waals surface area contributed by atoms with Crippen molar-refractivity contribution in [1.82, 2.24) is 4.98 Å². The zero-order valence-electron chi connectivity index (χ0n) is 18.7. The summed E-state index contributed by atoms with van der Waals surface area (Å²) in [6, 6.07) is 10.1. The van der Waals surface area contributed by atoms with Crippen molar-refractivity contribution < 1.29 is 18.6 Å². The van der Waals surface area contributed by atoms with E-state index in [0.717, 1.165) is 36.0 Å². The zero-order valence-corrected chi connectivity index (χ0v) is 19.5. The maximum atomic E-state index is 13.6. The predicted molar refractivity (Wildman–Crippen MR) is 128 cm³/mol. The third kappa shape index (κ3) is 4.55. The highest BCUT2D eigenvalue weighted by atomic mass is 32.2. The van der Waals surface area contributed by atoms with Gasteiger partial charge in [-0.3, -0.25) is 4.98 Å². The van der Waals surface area contributed by atoms with Gasteiger partial charge >= 0.3 is 0 Å². The molecule has 0 atom stereocenters. The lowest BCUT2D eigenvalue weighted by Crippen LogP contribution is -2.08. The number of aromatic hydroxyl groups is 2. The molecule has 5 nitrogen and oxygen atoms in total. The van der Waals surface area contributed by atoms with Gasteiger partial charge in [-0.1, -0.05) is 55.7 Å². The number of pyridine rings is 1. The molecule has 2 N–H and O–H groups in total. The Balaban J connectivity index is 2.35. The van der Waals surface area contributed by atoms with Crippen LogP contribution >= 0.6 is 0 Å². The molecular weight excluding hydrogens is 422 g/mol. The number of rotatable bonds is 8. The van der Waals surface area contributed by atoms with Crippen LogP contribution in [-0.4, -0.2) is 23.6 Å². The fourth-order valence-corrected chi connectivity index (χ4v) is 5.42. The minimum Gasteiger partial charge on any atom is -0.507 e. The van der Waals surface area contributed by atoms with Gasteiger partial charge in [-0.25, -0.2) is 8.42 Å². The standard InChI is InChI=1S/C26H29NO4S/c1-5-6-7-9-19-15-23(28)24(22-14-18(4)11-12-21(22)17(2)3)25(29)26(19)32(30,31)20-10-8-13-27-16-20/h8,10-16,28-29H,2,5-7,9H2,1,3-4H3. The molecule has 2 aromatic carbocycles. The second-order valence-electron chi connectivity index (χ2n) is 8.09. The molecule has 32 heavy (non-hydrogen) atoms. The molecule has 0 amide bonds. The number of aromatic nitrogens is 1. The number of unbranched alkanes of at least 4 members (excludes halogenated alkanes) is 2. The molecule has 0 spiro atoms. The van der Waals surface area contributed by atoms with Crippen molar-refractivity contribution in [3.8, 4) is 22.6 Å². The molecule has 0 saturated heterocycles. The first-order valence-corrected chi connectivity index (χ1v) is 12.2. The molecule has 0 radical (unpaired) electrons. The van der Waals surface area contributed by atoms with Crippen LogP contribution < -0.4 is 0 Å². The molecule has 0 fully saturated rings. The van der Waals surface area contributed by atoms with Gasteiger partial charge < -0.3 is 10.2 Å². The SMILES string of the molecule is C=C(C)c1ccc(C)cc1-c1c(O)cc(CCCCC)c(S(=O)(=O)c2cccnc2)c1O. The van der Waals surface area contributed by atoms with Gasteiger partial charge in [0.25, 0.3) is 0 Å². The second kappa shape index (κ2) is 9.57. The summed E-state index contributed by atoms with van der Waals surface area (Å²) in [5, 5.41) is 22.3. The maximum Gasteiger partial charge on any atom is 0.212 e. The number of hydrogen-bond acceptors (Lipinski definition) is 5. The Morgan fingerprint density at radius 3 is 2.50 bits per heavy atom. The van der Waals surface area contributed by atoms with E-state index in [0.29, 0.717) is 17.5 Å². The highest BCUT2D eigenvalue weighted by Crippen LogP contribution is 2.47. The number of hydrogen-bond donors (Lipinski definition) is 2. The highest BCUT2D eigenvalue weighted by Gasteiger charge is 2.30. The summed E-state index contributed by atoms with van der Waals surface area (Å²) < 4.78 is 27.2. The van der Waals surface area contributed by atoms with Crippen LogP contribution in [0, 0.1) is 6.92 Å². The van der Waals surface area contributed by atoms with E-state index < -0.39 is 15.6 Å². The van der Waals surface area contributed by atoms with Gasteiger partial charge in [-0.15, -0.1) is 0 Å². The van der Waals surface area contributed by atoms with E-state index in [1.807, 2.05) is 32.0 Å². The van der Waals surface area contributed by atoms with Gasteiger partial charge in [0.2, 0.25) is 9.84 Å². The van der Waals surface area contributed by atoms with E-state index >= 15 is 0 Å². The largest absolute Gasteiger partial charge is 0.507 e. The van der Waals surface area contributed by atoms with Crippen molar-refractivity contribution in [2.45, 2.75) is 56.2 Å². The first-order chi connectivity index (χ1) is 15.2. The van der Waals surface area contributed by atoms with E-state index in [1.54, 1.807) is 6.07 Å². The van der Waals surface area contributed by atoms with Gasteiger partial charge in [0.15, 0.2) is 0 Å². The molecule has 0 aliphatic carbocycles. The third-order valence-electron chi connectivity index (χ3n) is 5.48. The first-order valence-electron chi connectivity index (χ1n) is 10.7. The van der Waals surface area contributed by atoms with E-state index in [9.17, 15) is 18.6 Å². The quantitative estimate of drug-likeness (QED) is 0.406. The minimum absolute atomic E-state index is 0.00644. The molecule has 1 aromatic heterocycles. The van der Waals surface area contributed by atoms with Crippen molar-refractivity contribution in [1.29, 1.82) is 0 Å². The molecule has 0 aliphatic rings. The summed E-state index contributed by atoms with van der Waals surface area (Å²) in [7, 11) is -4.07. The van der Waals surface area contributed by atoms with Crippen LogP contribution in [0.4, 0.5) is 0 Å². The average Bonchev–Trinajstić information content (AvgIpc) is 2.74. The van der Waals surface area contributed by atoms with Gasteiger partial charge in [0.1, 0.15) is 16.4 Å². The van der Waals surface area contributed by atoms with Crippen LogP contribution in [0.2, 0.25) is 0 Å². The topological polar surface area (TPSA) is 87.5 Å². The lowest BCUT2D eigenvalue weighted by atomic mass is 9.91. The molecule has 0 saturated carbocycles. The van der Waals surface area contributed by atoms with Crippen molar-refractivity contribution in [2.75, 3.05) is 0 Å². The Bertz CT molecular complexity index is 1250. The first kappa shape index (κ1) is 23.5. The number of benzene rings is 2. The van der Waals surface area contributed by atoms with Crippen LogP contribution in [0.3, 0.4) is 0 Å². The van der Waals surface area contributed by atoms with E-state index in [2.05, 4.69) is 18.5 Å². The zero-order chi connectivity index (χ0) is 23.5.